The Balaban J connectivity index is 2.58. The Morgan fingerprint density at radius 2 is 1.95 bits per heavy atom. The molecule has 2 rings (SSSR count). The lowest BCUT2D eigenvalue weighted by molar-refractivity contribution is 0.332. The van der Waals surface area contributed by atoms with E-state index in [0.717, 1.165) is 0 Å². The average molecular weight is 357 g/mol. The molecule has 0 fully saturated rings. The van der Waals surface area contributed by atoms with Gasteiger partial charge in [0.05, 0.1) is 17.1 Å². The second-order valence-corrected chi connectivity index (χ2v) is 5.18. The monoisotopic (exact) mass is 356 g/mol. The van der Waals surface area contributed by atoms with Gasteiger partial charge in [-0.15, -0.1) is 0 Å². The van der Waals surface area contributed by atoms with E-state index < -0.39 is 17.7 Å². The molecule has 21 heavy (non-hydrogen) atoms. The van der Waals surface area contributed by atoms with Gasteiger partial charge >= 0.3 is 0 Å². The van der Waals surface area contributed by atoms with Crippen LogP contribution in [0.3, 0.4) is 0 Å². The molecule has 3 N–H and O–H groups in total. The Bertz CT molecular complexity index is 637. The molecule has 0 radical (unpaired) electrons. The van der Waals surface area contributed by atoms with E-state index in [1.165, 1.54) is 12.1 Å². The lowest BCUT2D eigenvalue weighted by Crippen LogP contribution is -2.30. The Kier molecular flexibility index (Phi) is 5.27. The normalized spacial score (nSPS) is 12.2. The molecule has 0 aliphatic rings. The van der Waals surface area contributed by atoms with Crippen molar-refractivity contribution in [2.75, 3.05) is 6.61 Å². The second-order valence-electron chi connectivity index (χ2n) is 4.33. The summed E-state index contributed by atoms with van der Waals surface area (Å²) in [5.74, 6) is 4.70. The van der Waals surface area contributed by atoms with E-state index in [9.17, 15) is 8.78 Å². The zero-order chi connectivity index (χ0) is 15.4. The van der Waals surface area contributed by atoms with Crippen molar-refractivity contribution in [2.45, 2.75) is 13.0 Å². The van der Waals surface area contributed by atoms with Gasteiger partial charge in [-0.25, -0.2) is 14.2 Å². The molecule has 0 amide bonds. The number of benzene rings is 2. The largest absolute Gasteiger partial charge is 0.494 e. The highest BCUT2D eigenvalue weighted by atomic mass is 79.9. The van der Waals surface area contributed by atoms with E-state index in [1.54, 1.807) is 24.3 Å². The van der Waals surface area contributed by atoms with E-state index in [2.05, 4.69) is 21.4 Å². The number of para-hydroxylation sites is 1. The van der Waals surface area contributed by atoms with Crippen molar-refractivity contribution in [3.8, 4) is 5.75 Å². The molecule has 0 heterocycles. The van der Waals surface area contributed by atoms with Crippen molar-refractivity contribution in [2.24, 2.45) is 5.84 Å². The van der Waals surface area contributed by atoms with Gasteiger partial charge in [-0.3, -0.25) is 5.84 Å². The van der Waals surface area contributed by atoms with E-state index in [4.69, 9.17) is 10.6 Å². The molecule has 112 valence electrons. The summed E-state index contributed by atoms with van der Waals surface area (Å²) in [6.07, 6.45) is 0. The summed E-state index contributed by atoms with van der Waals surface area (Å²) >= 11 is 3.06. The Morgan fingerprint density at radius 1 is 1.24 bits per heavy atom. The second kappa shape index (κ2) is 6.98. The first kappa shape index (κ1) is 15.9. The minimum absolute atomic E-state index is 0.154. The zero-order valence-electron chi connectivity index (χ0n) is 11.4. The fraction of sp³-hybridized carbons (Fsp3) is 0.200. The van der Waals surface area contributed by atoms with Crippen LogP contribution in [0.1, 0.15) is 24.1 Å². The van der Waals surface area contributed by atoms with Crippen molar-refractivity contribution >= 4 is 15.9 Å². The molecule has 0 bridgehead atoms. The van der Waals surface area contributed by atoms with Gasteiger partial charge in [0.15, 0.2) is 0 Å². The molecule has 0 aliphatic carbocycles. The van der Waals surface area contributed by atoms with Crippen LogP contribution in [0.2, 0.25) is 0 Å². The first-order chi connectivity index (χ1) is 10.1. The molecule has 2 aromatic rings. The highest BCUT2D eigenvalue weighted by Crippen LogP contribution is 2.34. The van der Waals surface area contributed by atoms with Crippen LogP contribution in [0.25, 0.3) is 0 Å². The van der Waals surface area contributed by atoms with Crippen LogP contribution in [0.5, 0.6) is 5.75 Å². The van der Waals surface area contributed by atoms with Crippen molar-refractivity contribution in [3.63, 3.8) is 0 Å². The third-order valence-electron chi connectivity index (χ3n) is 3.06. The quantitative estimate of drug-likeness (QED) is 0.488. The highest BCUT2D eigenvalue weighted by Gasteiger charge is 2.25. The maximum Gasteiger partial charge on any atom is 0.145 e. The van der Waals surface area contributed by atoms with Crippen molar-refractivity contribution in [1.82, 2.24) is 5.43 Å². The molecule has 3 nitrogen and oxygen atoms in total. The summed E-state index contributed by atoms with van der Waals surface area (Å²) in [6, 6.07) is 8.65. The molecular formula is C15H15BrF2N2O. The minimum Gasteiger partial charge on any atom is -0.494 e. The van der Waals surface area contributed by atoms with Crippen LogP contribution < -0.4 is 16.0 Å². The maximum atomic E-state index is 14.3. The molecule has 1 unspecified atom stereocenters. The number of rotatable bonds is 5. The average Bonchev–Trinajstić information content (AvgIpc) is 2.49. The predicted molar refractivity (Wildman–Crippen MR) is 80.8 cm³/mol. The fourth-order valence-electron chi connectivity index (χ4n) is 2.14. The zero-order valence-corrected chi connectivity index (χ0v) is 13.0. The van der Waals surface area contributed by atoms with E-state index >= 15 is 0 Å². The van der Waals surface area contributed by atoms with Crippen molar-refractivity contribution in [3.05, 3.63) is 63.6 Å². The van der Waals surface area contributed by atoms with Gasteiger partial charge in [0, 0.05) is 11.1 Å². The third kappa shape index (κ3) is 3.23. The van der Waals surface area contributed by atoms with Gasteiger partial charge in [0.1, 0.15) is 17.4 Å². The maximum absolute atomic E-state index is 14.3. The number of hydrogen-bond donors (Lipinski definition) is 2. The summed E-state index contributed by atoms with van der Waals surface area (Å²) in [4.78, 5) is 0. The topological polar surface area (TPSA) is 47.3 Å². The van der Waals surface area contributed by atoms with Crippen LogP contribution in [0, 0.1) is 11.6 Å². The van der Waals surface area contributed by atoms with Gasteiger partial charge in [-0.05, 0) is 41.1 Å². The lowest BCUT2D eigenvalue weighted by Gasteiger charge is -2.21. The summed E-state index contributed by atoms with van der Waals surface area (Å²) in [5.41, 5.74) is 2.88. The number of ether oxygens (including phenoxy) is 1. The Morgan fingerprint density at radius 3 is 2.62 bits per heavy atom. The molecule has 0 aromatic heterocycles. The fourth-order valence-corrected chi connectivity index (χ4v) is 2.49. The van der Waals surface area contributed by atoms with Crippen LogP contribution >= 0.6 is 15.9 Å². The smallest absolute Gasteiger partial charge is 0.145 e. The number of nitrogens with two attached hydrogens (primary N) is 1. The molecule has 0 spiro atoms. The standard InChI is InChI=1S/C15H15BrF2N2O/c1-2-21-12-6-4-3-5-9(12)15(20-19)13-11(17)8-7-10(16)14(13)18/h3-8,15,20H,2,19H2,1H3. The van der Waals surface area contributed by atoms with Crippen LogP contribution in [0.15, 0.2) is 40.9 Å². The molecule has 0 saturated heterocycles. The molecule has 1 atom stereocenters. The van der Waals surface area contributed by atoms with Crippen LogP contribution in [-0.2, 0) is 0 Å². The third-order valence-corrected chi connectivity index (χ3v) is 3.68. The van der Waals surface area contributed by atoms with Crippen LogP contribution in [0.4, 0.5) is 8.78 Å². The van der Waals surface area contributed by atoms with E-state index in [-0.39, 0.29) is 10.0 Å². The van der Waals surface area contributed by atoms with Crippen LogP contribution in [-0.4, -0.2) is 6.61 Å². The van der Waals surface area contributed by atoms with E-state index in [0.29, 0.717) is 17.9 Å². The lowest BCUT2D eigenvalue weighted by atomic mass is 9.97. The highest BCUT2D eigenvalue weighted by molar-refractivity contribution is 9.10. The SMILES string of the molecule is CCOc1ccccc1C(NN)c1c(F)ccc(Br)c1F. The first-order valence-corrected chi connectivity index (χ1v) is 7.20. The molecule has 0 saturated carbocycles. The summed E-state index contributed by atoms with van der Waals surface area (Å²) < 4.78 is 34.0. The number of hydrogen-bond acceptors (Lipinski definition) is 3. The summed E-state index contributed by atoms with van der Waals surface area (Å²) in [7, 11) is 0. The molecule has 6 heteroatoms. The number of nitrogens with one attached hydrogen (secondary N) is 1. The van der Waals surface area contributed by atoms with Gasteiger partial charge in [0.25, 0.3) is 0 Å². The number of halogens is 3. The Labute approximate surface area is 130 Å². The Hall–Kier alpha value is -1.50. The van der Waals surface area contributed by atoms with Gasteiger partial charge < -0.3 is 4.74 Å². The van der Waals surface area contributed by atoms with Gasteiger partial charge in [-0.2, -0.15) is 0 Å². The minimum atomic E-state index is -0.856. The van der Waals surface area contributed by atoms with Gasteiger partial charge in [0.2, 0.25) is 0 Å². The summed E-state index contributed by atoms with van der Waals surface area (Å²) in [5, 5.41) is 0. The predicted octanol–water partition coefficient (Wildman–Crippen LogP) is 3.68. The molecule has 0 aliphatic heterocycles. The molecule has 2 aromatic carbocycles. The van der Waals surface area contributed by atoms with E-state index in [1.807, 2.05) is 6.92 Å². The first-order valence-electron chi connectivity index (χ1n) is 6.41. The summed E-state index contributed by atoms with van der Waals surface area (Å²) in [6.45, 7) is 2.28. The van der Waals surface area contributed by atoms with Crippen molar-refractivity contribution in [1.29, 1.82) is 0 Å². The van der Waals surface area contributed by atoms with Crippen molar-refractivity contribution < 1.29 is 13.5 Å². The number of hydrazine groups is 1. The van der Waals surface area contributed by atoms with Gasteiger partial charge in [-0.1, -0.05) is 18.2 Å². The molecular weight excluding hydrogens is 342 g/mol.